The van der Waals surface area contributed by atoms with Gasteiger partial charge in [-0.2, -0.15) is 4.31 Å². The fourth-order valence-corrected chi connectivity index (χ4v) is 6.80. The number of hydrogen-bond donors (Lipinski definition) is 3. The summed E-state index contributed by atoms with van der Waals surface area (Å²) in [6.07, 6.45) is -1.07. The molecule has 2 aromatic carbocycles. The van der Waals surface area contributed by atoms with E-state index in [4.69, 9.17) is 14.2 Å². The van der Waals surface area contributed by atoms with Gasteiger partial charge in [-0.15, -0.1) is 0 Å². The van der Waals surface area contributed by atoms with Crippen LogP contribution in [0.5, 0.6) is 0 Å². The summed E-state index contributed by atoms with van der Waals surface area (Å²) in [6, 6.07) is 14.6. The second kappa shape index (κ2) is 13.9. The Morgan fingerprint density at radius 3 is 2.35 bits per heavy atom. The van der Waals surface area contributed by atoms with Gasteiger partial charge in [0.1, 0.15) is 6.10 Å². The lowest BCUT2D eigenvalue weighted by Crippen LogP contribution is -2.52. The maximum absolute atomic E-state index is 13.6. The number of aliphatic hydroxyl groups excluding tert-OH is 2. The van der Waals surface area contributed by atoms with E-state index in [1.807, 2.05) is 44.2 Å². The lowest BCUT2D eigenvalue weighted by molar-refractivity contribution is -0.179. The Morgan fingerprint density at radius 2 is 1.70 bits per heavy atom. The fraction of sp³-hybridized carbons (Fsp3) is 0.552. The molecule has 0 radical (unpaired) electrons. The van der Waals surface area contributed by atoms with E-state index in [9.17, 15) is 23.4 Å². The van der Waals surface area contributed by atoms with Gasteiger partial charge in [0, 0.05) is 25.4 Å². The van der Waals surface area contributed by atoms with E-state index in [2.05, 4.69) is 5.32 Å². The minimum Gasteiger partial charge on any atom is -0.446 e. The average molecular weight is 577 g/mol. The topological polar surface area (TPSA) is 135 Å². The summed E-state index contributed by atoms with van der Waals surface area (Å²) in [4.78, 5) is 13.1. The summed E-state index contributed by atoms with van der Waals surface area (Å²) in [7, 11) is -3.96. The summed E-state index contributed by atoms with van der Waals surface area (Å²) in [5.41, 5.74) is 1.47. The Kier molecular flexibility index (Phi) is 10.6. The first-order chi connectivity index (χ1) is 19.2. The van der Waals surface area contributed by atoms with Crippen molar-refractivity contribution in [1.82, 2.24) is 9.62 Å². The highest BCUT2D eigenvalue weighted by Crippen LogP contribution is 2.32. The zero-order valence-corrected chi connectivity index (χ0v) is 23.8. The molecule has 40 heavy (non-hydrogen) atoms. The normalized spacial score (nSPS) is 22.6. The van der Waals surface area contributed by atoms with Gasteiger partial charge in [0.05, 0.1) is 36.9 Å². The second-order valence-electron chi connectivity index (χ2n) is 10.8. The van der Waals surface area contributed by atoms with Crippen LogP contribution < -0.4 is 5.32 Å². The van der Waals surface area contributed by atoms with Crippen LogP contribution in [-0.2, 0) is 37.3 Å². The number of fused-ring (bicyclic) bond motifs is 1. The third kappa shape index (κ3) is 7.80. The Hall–Kier alpha value is -2.54. The highest BCUT2D eigenvalue weighted by Gasteiger charge is 2.41. The minimum absolute atomic E-state index is 0.0146. The molecular formula is C29H40N2O8S. The molecule has 4 rings (SSSR count). The van der Waals surface area contributed by atoms with E-state index < -0.39 is 28.3 Å². The van der Waals surface area contributed by atoms with Crippen LogP contribution >= 0.6 is 0 Å². The van der Waals surface area contributed by atoms with Crippen LogP contribution in [0, 0.1) is 11.8 Å². The van der Waals surface area contributed by atoms with Crippen molar-refractivity contribution in [3.05, 3.63) is 65.7 Å². The van der Waals surface area contributed by atoms with Crippen LogP contribution in [0.25, 0.3) is 0 Å². The zero-order chi connectivity index (χ0) is 28.7. The predicted molar refractivity (Wildman–Crippen MR) is 148 cm³/mol. The molecule has 2 saturated heterocycles. The fourth-order valence-electron chi connectivity index (χ4n) is 5.18. The van der Waals surface area contributed by atoms with Crippen molar-refractivity contribution in [3.63, 3.8) is 0 Å². The third-order valence-electron chi connectivity index (χ3n) is 7.27. The van der Waals surface area contributed by atoms with Crippen LogP contribution in [0.4, 0.5) is 4.79 Å². The zero-order valence-electron chi connectivity index (χ0n) is 23.0. The molecule has 2 aliphatic rings. The molecule has 0 aliphatic carbocycles. The average Bonchev–Trinajstić information content (AvgIpc) is 3.43. The number of hydrogen-bond acceptors (Lipinski definition) is 8. The van der Waals surface area contributed by atoms with Gasteiger partial charge in [-0.05, 0) is 42.0 Å². The summed E-state index contributed by atoms with van der Waals surface area (Å²) in [6.45, 7) is 4.53. The number of nitrogens with zero attached hydrogens (tertiary/aromatic N) is 1. The first-order valence-corrected chi connectivity index (χ1v) is 15.2. The monoisotopic (exact) mass is 576 g/mol. The van der Waals surface area contributed by atoms with Crippen molar-refractivity contribution < 1.29 is 37.6 Å². The summed E-state index contributed by atoms with van der Waals surface area (Å²) < 4.78 is 45.4. The maximum atomic E-state index is 13.6. The molecule has 2 aromatic rings. The van der Waals surface area contributed by atoms with Gasteiger partial charge >= 0.3 is 6.09 Å². The molecule has 3 N–H and O–H groups in total. The molecule has 2 aliphatic heterocycles. The van der Waals surface area contributed by atoms with Crippen LogP contribution in [0.15, 0.2) is 59.5 Å². The number of ether oxygens (including phenoxy) is 3. The maximum Gasteiger partial charge on any atom is 0.407 e. The van der Waals surface area contributed by atoms with E-state index >= 15 is 0 Å². The van der Waals surface area contributed by atoms with E-state index in [0.29, 0.717) is 25.2 Å². The lowest BCUT2D eigenvalue weighted by atomic mass is 9.95. The standard InChI is InChI=1S/C29H40N2O8S/c1-20(2)17-31(40(35,36)23-10-8-22(19-32)9-11-23)18-26(33)25(16-21-6-4-3-5-7-21)30-29(34)39-27-13-15-38-28-24(27)12-14-37-28/h3-11,20,24-28,32-33H,12-19H2,1-2H3,(H,30,34)/t24-,25+,26-,27+,28+/m1/s1. The van der Waals surface area contributed by atoms with Gasteiger partial charge in [0.15, 0.2) is 6.29 Å². The van der Waals surface area contributed by atoms with Crippen molar-refractivity contribution in [3.8, 4) is 0 Å². The smallest absolute Gasteiger partial charge is 0.407 e. The molecule has 0 spiro atoms. The van der Waals surface area contributed by atoms with Crippen LogP contribution in [0.2, 0.25) is 0 Å². The molecule has 0 unspecified atom stereocenters. The van der Waals surface area contributed by atoms with Gasteiger partial charge in [-0.3, -0.25) is 0 Å². The predicted octanol–water partition coefficient (Wildman–Crippen LogP) is 2.68. The van der Waals surface area contributed by atoms with Crippen molar-refractivity contribution in [2.24, 2.45) is 11.8 Å². The second-order valence-corrected chi connectivity index (χ2v) is 12.8. The molecular weight excluding hydrogens is 536 g/mol. The number of alkyl carbamates (subject to hydrolysis) is 1. The van der Waals surface area contributed by atoms with E-state index in [1.165, 1.54) is 16.4 Å². The molecule has 220 valence electrons. The van der Waals surface area contributed by atoms with Gasteiger partial charge in [-0.1, -0.05) is 56.3 Å². The van der Waals surface area contributed by atoms with E-state index in [0.717, 1.165) is 12.0 Å². The van der Waals surface area contributed by atoms with Crippen LogP contribution in [-0.4, -0.2) is 79.9 Å². The SMILES string of the molecule is CC(C)CN(C[C@@H](O)[C@H](Cc1ccccc1)NC(=O)O[C@H]1CCO[C@@H]2OCC[C@@H]21)S(=O)(=O)c1ccc(CO)cc1. The Bertz CT molecular complexity index is 1190. The highest BCUT2D eigenvalue weighted by atomic mass is 32.2. The largest absolute Gasteiger partial charge is 0.446 e. The Labute approximate surface area is 236 Å². The number of amides is 1. The lowest BCUT2D eigenvalue weighted by Gasteiger charge is -2.33. The summed E-state index contributed by atoms with van der Waals surface area (Å²) >= 11 is 0. The van der Waals surface area contributed by atoms with Crippen molar-refractivity contribution in [1.29, 1.82) is 0 Å². The van der Waals surface area contributed by atoms with Gasteiger partial charge in [0.2, 0.25) is 10.0 Å². The summed E-state index contributed by atoms with van der Waals surface area (Å²) in [5, 5.41) is 23.5. The van der Waals surface area contributed by atoms with Crippen molar-refractivity contribution in [2.45, 2.75) is 69.2 Å². The molecule has 1 amide bonds. The van der Waals surface area contributed by atoms with E-state index in [-0.39, 0.29) is 55.2 Å². The number of benzene rings is 2. The molecule has 0 bridgehead atoms. The van der Waals surface area contributed by atoms with Gasteiger partial charge < -0.3 is 29.7 Å². The van der Waals surface area contributed by atoms with Crippen molar-refractivity contribution in [2.75, 3.05) is 26.3 Å². The van der Waals surface area contributed by atoms with E-state index in [1.54, 1.807) is 12.1 Å². The van der Waals surface area contributed by atoms with Crippen LogP contribution in [0.1, 0.15) is 37.8 Å². The summed E-state index contributed by atoms with van der Waals surface area (Å²) in [5.74, 6) is -0.0554. The highest BCUT2D eigenvalue weighted by molar-refractivity contribution is 7.89. The number of aliphatic hydroxyl groups is 2. The molecule has 10 nitrogen and oxygen atoms in total. The first-order valence-electron chi connectivity index (χ1n) is 13.8. The Balaban J connectivity index is 1.51. The molecule has 0 saturated carbocycles. The molecule has 0 aromatic heterocycles. The number of carbonyl (C=O) groups excluding carboxylic acids is 1. The molecule has 2 heterocycles. The number of sulfonamides is 1. The quantitative estimate of drug-likeness (QED) is 0.351. The number of nitrogens with one attached hydrogen (secondary N) is 1. The van der Waals surface area contributed by atoms with Gasteiger partial charge in [-0.25, -0.2) is 13.2 Å². The molecule has 5 atom stereocenters. The minimum atomic E-state index is -3.96. The number of rotatable bonds is 12. The van der Waals surface area contributed by atoms with Crippen LogP contribution in [0.3, 0.4) is 0 Å². The molecule has 2 fully saturated rings. The van der Waals surface area contributed by atoms with Crippen molar-refractivity contribution >= 4 is 16.1 Å². The van der Waals surface area contributed by atoms with Gasteiger partial charge in [0.25, 0.3) is 0 Å². The Morgan fingerprint density at radius 1 is 1.02 bits per heavy atom. The third-order valence-corrected chi connectivity index (χ3v) is 9.12. The molecule has 11 heteroatoms. The first kappa shape index (κ1) is 30.4. The number of carbonyl (C=O) groups is 1.